The summed E-state index contributed by atoms with van der Waals surface area (Å²) in [5.74, 6) is -1.90. The van der Waals surface area contributed by atoms with Gasteiger partial charge < -0.3 is 15.6 Å². The van der Waals surface area contributed by atoms with Gasteiger partial charge in [0.1, 0.15) is 0 Å². The number of aliphatic carboxylic acids is 1. The van der Waals surface area contributed by atoms with Gasteiger partial charge in [0.05, 0.1) is 18.1 Å². The lowest BCUT2D eigenvalue weighted by Crippen LogP contribution is -2.52. The van der Waals surface area contributed by atoms with Crippen molar-refractivity contribution in [3.63, 3.8) is 0 Å². The first-order valence-corrected chi connectivity index (χ1v) is 5.20. The number of ether oxygens (including phenoxy) is 1. The van der Waals surface area contributed by atoms with Gasteiger partial charge in [-0.2, -0.15) is 0 Å². The monoisotopic (exact) mass is 232 g/mol. The molecular formula is C9H16N2O5. The predicted molar refractivity (Wildman–Crippen MR) is 54.5 cm³/mol. The maximum Gasteiger partial charge on any atom is 0.309 e. The van der Waals surface area contributed by atoms with Crippen LogP contribution in [-0.4, -0.2) is 40.8 Å². The Morgan fingerprint density at radius 1 is 1.62 bits per heavy atom. The van der Waals surface area contributed by atoms with E-state index in [-0.39, 0.29) is 12.8 Å². The van der Waals surface area contributed by atoms with Gasteiger partial charge in [-0.25, -0.2) is 0 Å². The van der Waals surface area contributed by atoms with Crippen LogP contribution in [0.4, 0.5) is 0 Å². The normalized spacial score (nSPS) is 34.6. The molecule has 0 aromatic rings. The molecule has 0 radical (unpaired) electrons. The average Bonchev–Trinajstić information content (AvgIpc) is 2.17. The number of carboxylic acid groups (broad SMARTS) is 1. The van der Waals surface area contributed by atoms with E-state index in [9.17, 15) is 14.9 Å². The fourth-order valence-corrected chi connectivity index (χ4v) is 2.08. The van der Waals surface area contributed by atoms with Crippen LogP contribution < -0.4 is 5.73 Å². The first-order valence-electron chi connectivity index (χ1n) is 5.20. The summed E-state index contributed by atoms with van der Waals surface area (Å²) < 4.78 is 5.27. The summed E-state index contributed by atoms with van der Waals surface area (Å²) in [5, 5.41) is 19.7. The highest BCUT2D eigenvalue weighted by atomic mass is 16.6. The van der Waals surface area contributed by atoms with E-state index >= 15 is 0 Å². The summed E-state index contributed by atoms with van der Waals surface area (Å²) in [4.78, 5) is 21.2. The molecule has 1 aliphatic carbocycles. The molecule has 3 N–H and O–H groups in total. The molecule has 92 valence electrons. The lowest BCUT2D eigenvalue weighted by atomic mass is 9.80. The molecule has 0 amide bonds. The van der Waals surface area contributed by atoms with Gasteiger partial charge in [0, 0.05) is 18.0 Å². The fourth-order valence-electron chi connectivity index (χ4n) is 2.08. The van der Waals surface area contributed by atoms with Crippen molar-refractivity contribution in [2.24, 2.45) is 11.7 Å². The minimum Gasteiger partial charge on any atom is -0.481 e. The molecule has 0 aromatic carbocycles. The van der Waals surface area contributed by atoms with Gasteiger partial charge in [-0.15, -0.1) is 0 Å². The van der Waals surface area contributed by atoms with Crippen LogP contribution in [0.25, 0.3) is 0 Å². The highest BCUT2D eigenvalue weighted by Gasteiger charge is 2.45. The van der Waals surface area contributed by atoms with Crippen LogP contribution in [0.1, 0.15) is 19.8 Å². The number of nitrogens with zero attached hydrogens (tertiary/aromatic N) is 1. The summed E-state index contributed by atoms with van der Waals surface area (Å²) in [5.41, 5.74) is 5.65. The highest BCUT2D eigenvalue weighted by Crippen LogP contribution is 2.28. The Bertz CT molecular complexity index is 283. The third-order valence-corrected chi connectivity index (χ3v) is 2.91. The Balaban J connectivity index is 2.77. The summed E-state index contributed by atoms with van der Waals surface area (Å²) >= 11 is 0. The zero-order valence-electron chi connectivity index (χ0n) is 9.04. The van der Waals surface area contributed by atoms with Crippen LogP contribution in [0.5, 0.6) is 0 Å². The minimum atomic E-state index is -1.06. The topological polar surface area (TPSA) is 116 Å². The Hall–Kier alpha value is -1.21. The van der Waals surface area contributed by atoms with E-state index in [2.05, 4.69) is 0 Å². The van der Waals surface area contributed by atoms with Crippen molar-refractivity contribution < 1.29 is 19.6 Å². The van der Waals surface area contributed by atoms with Crippen molar-refractivity contribution >= 4 is 5.97 Å². The Morgan fingerprint density at radius 3 is 2.69 bits per heavy atom. The van der Waals surface area contributed by atoms with Gasteiger partial charge >= 0.3 is 5.97 Å². The molecule has 1 rings (SSSR count). The lowest BCUT2D eigenvalue weighted by molar-refractivity contribution is -0.531. The van der Waals surface area contributed by atoms with Gasteiger partial charge in [-0.1, -0.05) is 0 Å². The molecule has 0 saturated heterocycles. The van der Waals surface area contributed by atoms with E-state index in [1.165, 1.54) is 0 Å². The van der Waals surface area contributed by atoms with Crippen LogP contribution in [0.15, 0.2) is 0 Å². The molecule has 1 saturated carbocycles. The highest BCUT2D eigenvalue weighted by molar-refractivity contribution is 5.71. The Kier molecular flexibility index (Phi) is 4.19. The molecule has 4 unspecified atom stereocenters. The Morgan fingerprint density at radius 2 is 2.25 bits per heavy atom. The van der Waals surface area contributed by atoms with E-state index in [1.54, 1.807) is 6.92 Å². The molecule has 16 heavy (non-hydrogen) atoms. The van der Waals surface area contributed by atoms with Crippen molar-refractivity contribution in [2.45, 2.75) is 38.0 Å². The number of nitro groups is 1. The first kappa shape index (κ1) is 12.9. The molecule has 0 aromatic heterocycles. The number of carbonyl (C=O) groups is 1. The third-order valence-electron chi connectivity index (χ3n) is 2.91. The van der Waals surface area contributed by atoms with Crippen LogP contribution in [0, 0.1) is 16.0 Å². The zero-order valence-corrected chi connectivity index (χ0v) is 9.04. The quantitative estimate of drug-likeness (QED) is 0.514. The fraction of sp³-hybridized carbons (Fsp3) is 0.889. The van der Waals surface area contributed by atoms with Crippen LogP contribution >= 0.6 is 0 Å². The summed E-state index contributed by atoms with van der Waals surface area (Å²) in [6.45, 7) is 2.13. The maximum absolute atomic E-state index is 11.0. The second kappa shape index (κ2) is 5.22. The van der Waals surface area contributed by atoms with Crippen molar-refractivity contribution in [3.8, 4) is 0 Å². The lowest BCUT2D eigenvalue weighted by Gasteiger charge is -2.33. The number of carboxylic acids is 1. The molecule has 1 fully saturated rings. The summed E-state index contributed by atoms with van der Waals surface area (Å²) in [7, 11) is 0. The molecular weight excluding hydrogens is 216 g/mol. The number of nitrogens with two attached hydrogens (primary N) is 1. The van der Waals surface area contributed by atoms with Crippen LogP contribution in [0.3, 0.4) is 0 Å². The maximum atomic E-state index is 11.0. The molecule has 7 heteroatoms. The second-order valence-electron chi connectivity index (χ2n) is 3.93. The van der Waals surface area contributed by atoms with Crippen molar-refractivity contribution in [3.05, 3.63) is 10.1 Å². The van der Waals surface area contributed by atoms with Crippen molar-refractivity contribution in [2.75, 3.05) is 6.61 Å². The number of rotatable bonds is 4. The second-order valence-corrected chi connectivity index (χ2v) is 3.93. The van der Waals surface area contributed by atoms with Crippen molar-refractivity contribution in [1.82, 2.24) is 0 Å². The van der Waals surface area contributed by atoms with E-state index in [4.69, 9.17) is 15.6 Å². The van der Waals surface area contributed by atoms with Gasteiger partial charge in [0.15, 0.2) is 0 Å². The number of hydrogen-bond acceptors (Lipinski definition) is 5. The smallest absolute Gasteiger partial charge is 0.309 e. The van der Waals surface area contributed by atoms with E-state index < -0.39 is 35.0 Å². The van der Waals surface area contributed by atoms with Crippen LogP contribution in [0.2, 0.25) is 0 Å². The minimum absolute atomic E-state index is 0.0613. The molecule has 0 heterocycles. The molecule has 0 aliphatic heterocycles. The largest absolute Gasteiger partial charge is 0.481 e. The van der Waals surface area contributed by atoms with E-state index in [0.717, 1.165) is 0 Å². The van der Waals surface area contributed by atoms with Gasteiger partial charge in [0.25, 0.3) is 0 Å². The summed E-state index contributed by atoms with van der Waals surface area (Å²) in [6, 6.07) is -1.63. The summed E-state index contributed by atoms with van der Waals surface area (Å²) in [6.07, 6.45) is -0.362. The third kappa shape index (κ3) is 2.67. The van der Waals surface area contributed by atoms with E-state index in [1.807, 2.05) is 0 Å². The Labute approximate surface area is 92.7 Å². The van der Waals surface area contributed by atoms with Crippen molar-refractivity contribution in [1.29, 1.82) is 0 Å². The van der Waals surface area contributed by atoms with Gasteiger partial charge in [-0.3, -0.25) is 14.9 Å². The molecule has 7 nitrogen and oxygen atoms in total. The molecule has 0 spiro atoms. The zero-order chi connectivity index (χ0) is 12.3. The van der Waals surface area contributed by atoms with Gasteiger partial charge in [-0.05, 0) is 13.3 Å². The first-order chi connectivity index (χ1) is 7.47. The predicted octanol–water partition coefficient (Wildman–Crippen LogP) is -0.141. The molecule has 0 bridgehead atoms. The van der Waals surface area contributed by atoms with E-state index in [0.29, 0.717) is 6.61 Å². The average molecular weight is 232 g/mol. The molecule has 1 aliphatic rings. The standard InChI is InChI=1S/C9H16N2O5/c1-2-16-8-4-6(10)7(11(14)15)3-5(8)9(12)13/h5-8H,2-4,10H2,1H3,(H,12,13). The number of hydrogen-bond donors (Lipinski definition) is 2. The van der Waals surface area contributed by atoms with Crippen LogP contribution in [-0.2, 0) is 9.53 Å². The van der Waals surface area contributed by atoms with Gasteiger partial charge in [0.2, 0.25) is 6.04 Å². The SMILES string of the molecule is CCOC1CC(N)C([N+](=O)[O-])CC1C(=O)O. The molecule has 4 atom stereocenters.